The highest BCUT2D eigenvalue weighted by atomic mass is 35.5. The summed E-state index contributed by atoms with van der Waals surface area (Å²) in [5.41, 5.74) is 2.16. The molecule has 1 aromatic carbocycles. The van der Waals surface area contributed by atoms with Gasteiger partial charge in [0, 0.05) is 59.8 Å². The molecule has 2 aliphatic carbocycles. The molecule has 42 heavy (non-hydrogen) atoms. The first kappa shape index (κ1) is 28.8. The van der Waals surface area contributed by atoms with E-state index in [1.807, 2.05) is 12.1 Å². The number of rotatable bonds is 3. The topological polar surface area (TPSA) is 78.2 Å². The minimum Gasteiger partial charge on any atom is -0.489 e. The second kappa shape index (κ2) is 11.1. The SMILES string of the molecule is CC1(C)C(C#CC2Cc3nc(C#CC4CN(C5CCNCC5)C4)ccc3C2=O)C(C)(C)C1Oc1ccc(C#N)c(Cl)c1. The molecule has 7 heteroatoms. The van der Waals surface area contributed by atoms with Gasteiger partial charge in [-0.1, -0.05) is 57.1 Å². The van der Waals surface area contributed by atoms with E-state index < -0.39 is 0 Å². The second-order valence-electron chi connectivity index (χ2n) is 13.3. The van der Waals surface area contributed by atoms with Gasteiger partial charge in [0.25, 0.3) is 0 Å². The molecule has 0 amide bonds. The van der Waals surface area contributed by atoms with Crippen LogP contribution in [0.25, 0.3) is 0 Å². The van der Waals surface area contributed by atoms with Crippen LogP contribution in [0.1, 0.15) is 67.8 Å². The van der Waals surface area contributed by atoms with E-state index in [2.05, 4.69) is 67.7 Å². The third-order valence-corrected chi connectivity index (χ3v) is 9.96. The van der Waals surface area contributed by atoms with Gasteiger partial charge in [-0.3, -0.25) is 9.69 Å². The molecule has 0 radical (unpaired) electrons. The lowest BCUT2D eigenvalue weighted by Crippen LogP contribution is -2.65. The normalized spacial score (nSPS) is 26.4. The van der Waals surface area contributed by atoms with Crippen molar-refractivity contribution in [2.45, 2.75) is 59.1 Å². The Morgan fingerprint density at radius 3 is 2.48 bits per heavy atom. The first-order valence-corrected chi connectivity index (χ1v) is 15.3. The van der Waals surface area contributed by atoms with E-state index in [1.54, 1.807) is 18.2 Å². The molecule has 216 valence electrons. The lowest BCUT2D eigenvalue weighted by Gasteiger charge is -2.61. The van der Waals surface area contributed by atoms with Crippen molar-refractivity contribution in [1.29, 1.82) is 5.26 Å². The summed E-state index contributed by atoms with van der Waals surface area (Å²) in [4.78, 5) is 20.5. The number of pyridine rings is 1. The number of aromatic nitrogens is 1. The third kappa shape index (κ3) is 5.20. The number of nitrogens with zero attached hydrogens (tertiary/aromatic N) is 3. The van der Waals surface area contributed by atoms with Gasteiger partial charge in [-0.2, -0.15) is 5.26 Å². The van der Waals surface area contributed by atoms with Gasteiger partial charge in [0.15, 0.2) is 5.78 Å². The first-order valence-electron chi connectivity index (χ1n) is 15.0. The summed E-state index contributed by atoms with van der Waals surface area (Å²) in [5, 5.41) is 13.0. The van der Waals surface area contributed by atoms with E-state index in [0.29, 0.717) is 40.3 Å². The molecule has 4 aliphatic rings. The number of nitriles is 1. The predicted molar refractivity (Wildman–Crippen MR) is 163 cm³/mol. The Morgan fingerprint density at radius 1 is 1.05 bits per heavy atom. The van der Waals surface area contributed by atoms with Crippen molar-refractivity contribution >= 4 is 17.4 Å². The largest absolute Gasteiger partial charge is 0.489 e. The number of benzene rings is 1. The van der Waals surface area contributed by atoms with Gasteiger partial charge >= 0.3 is 0 Å². The molecule has 1 N–H and O–H groups in total. The first-order chi connectivity index (χ1) is 20.1. The van der Waals surface area contributed by atoms with E-state index in [4.69, 9.17) is 26.6 Å². The molecule has 1 aromatic heterocycles. The molecule has 3 fully saturated rings. The summed E-state index contributed by atoms with van der Waals surface area (Å²) in [6.07, 6.45) is 2.88. The van der Waals surface area contributed by atoms with Crippen LogP contribution in [0.15, 0.2) is 30.3 Å². The van der Waals surface area contributed by atoms with Crippen LogP contribution in [0.2, 0.25) is 5.02 Å². The molecule has 2 aromatic rings. The third-order valence-electron chi connectivity index (χ3n) is 9.65. The highest BCUT2D eigenvalue weighted by Crippen LogP contribution is 2.60. The van der Waals surface area contributed by atoms with E-state index in [0.717, 1.165) is 37.6 Å². The zero-order valence-corrected chi connectivity index (χ0v) is 25.5. The zero-order valence-electron chi connectivity index (χ0n) is 24.8. The number of hydrogen-bond donors (Lipinski definition) is 1. The van der Waals surface area contributed by atoms with Crippen molar-refractivity contribution in [3.05, 3.63) is 57.9 Å². The summed E-state index contributed by atoms with van der Waals surface area (Å²) < 4.78 is 6.38. The Balaban J connectivity index is 1.09. The van der Waals surface area contributed by atoms with Gasteiger partial charge < -0.3 is 10.1 Å². The zero-order chi connectivity index (χ0) is 29.6. The number of hydrogen-bond acceptors (Lipinski definition) is 6. The Labute approximate surface area is 254 Å². The smallest absolute Gasteiger partial charge is 0.180 e. The molecule has 6 nitrogen and oxygen atoms in total. The average molecular weight is 581 g/mol. The summed E-state index contributed by atoms with van der Waals surface area (Å²) >= 11 is 6.23. The van der Waals surface area contributed by atoms with E-state index in [-0.39, 0.29) is 34.6 Å². The van der Waals surface area contributed by atoms with Crippen LogP contribution in [0.5, 0.6) is 5.75 Å². The molecule has 2 aliphatic heterocycles. The predicted octanol–water partition coefficient (Wildman–Crippen LogP) is 5.13. The number of ether oxygens (including phenoxy) is 1. The number of fused-ring (bicyclic) bond motifs is 1. The van der Waals surface area contributed by atoms with Crippen molar-refractivity contribution in [3.8, 4) is 35.5 Å². The van der Waals surface area contributed by atoms with Crippen LogP contribution < -0.4 is 10.1 Å². The van der Waals surface area contributed by atoms with Gasteiger partial charge in [0.05, 0.1) is 22.2 Å². The van der Waals surface area contributed by atoms with Crippen LogP contribution in [-0.2, 0) is 6.42 Å². The van der Waals surface area contributed by atoms with E-state index in [9.17, 15) is 4.79 Å². The molecule has 2 saturated heterocycles. The number of likely N-dealkylation sites (tertiary alicyclic amines) is 1. The number of ketones is 1. The monoisotopic (exact) mass is 580 g/mol. The lowest BCUT2D eigenvalue weighted by molar-refractivity contribution is -0.172. The minimum atomic E-state index is -0.384. The van der Waals surface area contributed by atoms with Crippen molar-refractivity contribution in [2.24, 2.45) is 28.6 Å². The summed E-state index contributed by atoms with van der Waals surface area (Å²) in [6.45, 7) is 12.9. The van der Waals surface area contributed by atoms with Gasteiger partial charge in [-0.25, -0.2) is 4.98 Å². The number of nitrogens with one attached hydrogen (secondary N) is 1. The molecular weight excluding hydrogens is 544 g/mol. The summed E-state index contributed by atoms with van der Waals surface area (Å²) in [5.74, 6) is 14.2. The molecular formula is C35H37ClN4O2. The maximum Gasteiger partial charge on any atom is 0.180 e. The maximum atomic E-state index is 13.2. The molecule has 0 spiro atoms. The fourth-order valence-electron chi connectivity index (χ4n) is 7.57. The molecule has 1 unspecified atom stereocenters. The Kier molecular flexibility index (Phi) is 7.57. The Hall–Kier alpha value is -3.34. The Bertz CT molecular complexity index is 1560. The fourth-order valence-corrected chi connectivity index (χ4v) is 7.78. The van der Waals surface area contributed by atoms with Gasteiger partial charge in [0.2, 0.25) is 0 Å². The standard InChI is InChI=1S/C35H37ClN4O2/c1-34(2)31(35(3,4)33(34)42-27-10-6-24(19-37)29(36)18-27)12-7-23-17-30-28(32(23)41)11-9-25(39-30)8-5-22-20-40(21-22)26-13-15-38-16-14-26/h6,9-11,18,22-23,26,31,33,38H,13-17,20-21H2,1-4H3. The van der Waals surface area contributed by atoms with E-state index in [1.165, 1.54) is 12.8 Å². The van der Waals surface area contributed by atoms with Crippen molar-refractivity contribution in [1.82, 2.24) is 15.2 Å². The Morgan fingerprint density at radius 2 is 1.79 bits per heavy atom. The summed E-state index contributed by atoms with van der Waals surface area (Å²) in [6, 6.07) is 11.7. The fraction of sp³-hybridized carbons (Fsp3) is 0.514. The van der Waals surface area contributed by atoms with Crippen LogP contribution in [0.4, 0.5) is 0 Å². The number of carbonyl (C=O) groups excluding carboxylic acids is 1. The van der Waals surface area contributed by atoms with Crippen molar-refractivity contribution in [3.63, 3.8) is 0 Å². The lowest BCUT2D eigenvalue weighted by atomic mass is 9.46. The molecule has 0 bridgehead atoms. The number of carbonyl (C=O) groups is 1. The molecule has 6 rings (SSSR count). The molecule has 3 heterocycles. The van der Waals surface area contributed by atoms with Crippen molar-refractivity contribution in [2.75, 3.05) is 26.2 Å². The van der Waals surface area contributed by atoms with Crippen LogP contribution in [-0.4, -0.2) is 54.0 Å². The average Bonchev–Trinajstić information content (AvgIpc) is 3.25. The van der Waals surface area contributed by atoms with Gasteiger partial charge in [-0.05, 0) is 56.1 Å². The van der Waals surface area contributed by atoms with Gasteiger partial charge in [0.1, 0.15) is 23.6 Å². The molecule has 1 atom stereocenters. The highest BCUT2D eigenvalue weighted by Gasteiger charge is 2.63. The number of halogens is 1. The van der Waals surface area contributed by atoms with Crippen molar-refractivity contribution < 1.29 is 9.53 Å². The quantitative estimate of drug-likeness (QED) is 0.507. The van der Waals surface area contributed by atoms with Crippen LogP contribution in [0.3, 0.4) is 0 Å². The highest BCUT2D eigenvalue weighted by molar-refractivity contribution is 6.31. The second-order valence-corrected chi connectivity index (χ2v) is 13.7. The van der Waals surface area contributed by atoms with Crippen LogP contribution in [0, 0.1) is 63.6 Å². The minimum absolute atomic E-state index is 0.0432. The maximum absolute atomic E-state index is 13.2. The van der Waals surface area contributed by atoms with E-state index >= 15 is 0 Å². The molecule has 1 saturated carbocycles. The number of Topliss-reactive ketones (excluding diaryl/α,β-unsaturated/α-hetero) is 1. The van der Waals surface area contributed by atoms with Crippen LogP contribution >= 0.6 is 11.6 Å². The number of piperidine rings is 1. The summed E-state index contributed by atoms with van der Waals surface area (Å²) in [7, 11) is 0. The van der Waals surface area contributed by atoms with Gasteiger partial charge in [-0.15, -0.1) is 0 Å².